The molecule has 2 aromatic heterocycles. The van der Waals surface area contributed by atoms with E-state index in [0.717, 1.165) is 37.6 Å². The minimum Gasteiger partial charge on any atom is -1.00 e. The number of rotatable bonds is 6. The number of aryl methyl sites for hydroxylation is 4. The SMILES string of the molecule is Cn1nc[n+](C)c1N=Nc1ccc(N2CCN(c3ccc(N=Nc4n(C)nc[n+]4C)cc3)CC2)cc1.[Cl-].[Cl-]. The van der Waals surface area contributed by atoms with Gasteiger partial charge in [0.05, 0.1) is 39.6 Å². The Morgan fingerprint density at radius 1 is 0.579 bits per heavy atom. The number of piperazine rings is 1. The molecule has 2 aromatic carbocycles. The summed E-state index contributed by atoms with van der Waals surface area (Å²) in [5.74, 6) is 1.38. The van der Waals surface area contributed by atoms with E-state index in [1.54, 1.807) is 22.0 Å². The van der Waals surface area contributed by atoms with Gasteiger partial charge in [0, 0.05) is 47.8 Å². The molecule has 5 rings (SSSR count). The number of benzene rings is 2. The van der Waals surface area contributed by atoms with Crippen molar-refractivity contribution >= 4 is 34.6 Å². The number of hydrogen-bond donors (Lipinski definition) is 0. The lowest BCUT2D eigenvalue weighted by Crippen LogP contribution is -3.00. The average molecular weight is 557 g/mol. The third kappa shape index (κ3) is 6.32. The fraction of sp³-hybridized carbons (Fsp3) is 0.333. The Labute approximate surface area is 233 Å². The van der Waals surface area contributed by atoms with E-state index in [1.807, 2.05) is 61.6 Å². The number of hydrogen-bond acceptors (Lipinski definition) is 8. The highest BCUT2D eigenvalue weighted by Crippen LogP contribution is 2.25. The molecule has 1 aliphatic heterocycles. The van der Waals surface area contributed by atoms with Crippen molar-refractivity contribution < 1.29 is 33.9 Å². The molecule has 3 heterocycles. The van der Waals surface area contributed by atoms with Gasteiger partial charge in [-0.05, 0) is 58.7 Å². The molecule has 0 aliphatic carbocycles. The first kappa shape index (κ1) is 28.7. The first-order valence-electron chi connectivity index (χ1n) is 11.8. The van der Waals surface area contributed by atoms with E-state index in [-0.39, 0.29) is 24.8 Å². The van der Waals surface area contributed by atoms with E-state index < -0.39 is 0 Å². The maximum atomic E-state index is 4.35. The molecule has 0 atom stereocenters. The zero-order valence-electron chi connectivity index (χ0n) is 21.7. The summed E-state index contributed by atoms with van der Waals surface area (Å²) in [5.41, 5.74) is 4.01. The summed E-state index contributed by atoms with van der Waals surface area (Å²) in [4.78, 5) is 4.80. The zero-order chi connectivity index (χ0) is 25.1. The van der Waals surface area contributed by atoms with E-state index in [0.29, 0.717) is 11.9 Å². The third-order valence-electron chi connectivity index (χ3n) is 6.23. The summed E-state index contributed by atoms with van der Waals surface area (Å²) in [6.07, 6.45) is 3.42. The van der Waals surface area contributed by atoms with Crippen LogP contribution in [0.3, 0.4) is 0 Å². The van der Waals surface area contributed by atoms with Crippen molar-refractivity contribution in [3.63, 3.8) is 0 Å². The molecule has 1 fully saturated rings. The number of anilines is 2. The van der Waals surface area contributed by atoms with Crippen molar-refractivity contribution in [3.8, 4) is 0 Å². The van der Waals surface area contributed by atoms with Gasteiger partial charge in [-0.2, -0.15) is 0 Å². The van der Waals surface area contributed by atoms with Gasteiger partial charge in [-0.25, -0.2) is 9.13 Å². The predicted octanol–water partition coefficient (Wildman–Crippen LogP) is -3.03. The quantitative estimate of drug-likeness (QED) is 0.186. The lowest BCUT2D eigenvalue weighted by Gasteiger charge is -2.37. The minimum atomic E-state index is 0. The molecule has 200 valence electrons. The molecule has 0 amide bonds. The van der Waals surface area contributed by atoms with Gasteiger partial charge >= 0.3 is 11.9 Å². The Balaban J connectivity index is 0.00000200. The molecule has 0 N–H and O–H groups in total. The molecule has 4 aromatic rings. The van der Waals surface area contributed by atoms with Crippen LogP contribution in [0.2, 0.25) is 0 Å². The summed E-state index contributed by atoms with van der Waals surface area (Å²) >= 11 is 0. The van der Waals surface area contributed by atoms with Gasteiger partial charge in [0.1, 0.15) is 0 Å². The van der Waals surface area contributed by atoms with Crippen LogP contribution in [0.1, 0.15) is 0 Å². The fourth-order valence-electron chi connectivity index (χ4n) is 4.13. The fourth-order valence-corrected chi connectivity index (χ4v) is 4.13. The third-order valence-corrected chi connectivity index (χ3v) is 6.23. The topological polar surface area (TPSA) is 99.3 Å². The summed E-state index contributed by atoms with van der Waals surface area (Å²) in [5, 5.41) is 25.6. The summed E-state index contributed by atoms with van der Waals surface area (Å²) in [6.45, 7) is 3.79. The average Bonchev–Trinajstić information content (AvgIpc) is 3.41. The summed E-state index contributed by atoms with van der Waals surface area (Å²) in [7, 11) is 7.49. The van der Waals surface area contributed by atoms with Crippen LogP contribution >= 0.6 is 0 Å². The Kier molecular flexibility index (Phi) is 9.48. The second-order valence-corrected chi connectivity index (χ2v) is 8.74. The van der Waals surface area contributed by atoms with Crippen molar-refractivity contribution in [2.45, 2.75) is 0 Å². The highest BCUT2D eigenvalue weighted by molar-refractivity contribution is 5.56. The predicted molar refractivity (Wildman–Crippen MR) is 134 cm³/mol. The Bertz CT molecular complexity index is 1240. The molecule has 0 radical (unpaired) electrons. The van der Waals surface area contributed by atoms with Gasteiger partial charge in [0.15, 0.2) is 0 Å². The van der Waals surface area contributed by atoms with Crippen LogP contribution in [0.4, 0.5) is 34.6 Å². The van der Waals surface area contributed by atoms with Gasteiger partial charge in [-0.1, -0.05) is 10.2 Å². The molecular formula is C24H30Cl2N12. The smallest absolute Gasteiger partial charge is 0.403 e. The van der Waals surface area contributed by atoms with Crippen molar-refractivity contribution in [1.29, 1.82) is 0 Å². The second kappa shape index (κ2) is 12.6. The minimum absolute atomic E-state index is 0. The zero-order valence-corrected chi connectivity index (χ0v) is 23.2. The maximum absolute atomic E-state index is 4.35. The van der Waals surface area contributed by atoms with E-state index in [4.69, 9.17) is 0 Å². The molecule has 38 heavy (non-hydrogen) atoms. The lowest BCUT2D eigenvalue weighted by atomic mass is 10.2. The molecule has 0 saturated carbocycles. The van der Waals surface area contributed by atoms with Gasteiger partial charge in [-0.3, -0.25) is 0 Å². The normalized spacial score (nSPS) is 13.7. The molecule has 0 spiro atoms. The first-order valence-corrected chi connectivity index (χ1v) is 11.8. The highest BCUT2D eigenvalue weighted by Gasteiger charge is 2.18. The monoisotopic (exact) mass is 556 g/mol. The Morgan fingerprint density at radius 3 is 1.21 bits per heavy atom. The Morgan fingerprint density at radius 2 is 0.921 bits per heavy atom. The van der Waals surface area contributed by atoms with E-state index in [1.165, 1.54) is 11.4 Å². The molecule has 1 saturated heterocycles. The van der Waals surface area contributed by atoms with Crippen LogP contribution in [0, 0.1) is 0 Å². The molecule has 12 nitrogen and oxygen atoms in total. The number of nitrogens with zero attached hydrogens (tertiary/aromatic N) is 12. The largest absolute Gasteiger partial charge is 1.00 e. The first-order chi connectivity index (χ1) is 17.5. The van der Waals surface area contributed by atoms with Crippen molar-refractivity contribution in [3.05, 3.63) is 61.2 Å². The number of aromatic nitrogens is 6. The summed E-state index contributed by atoms with van der Waals surface area (Å²) < 4.78 is 7.05. The number of halogens is 2. The maximum Gasteiger partial charge on any atom is 0.403 e. The van der Waals surface area contributed by atoms with Crippen LogP contribution in [0.15, 0.2) is 81.6 Å². The number of azo groups is 2. The summed E-state index contributed by atoms with van der Waals surface area (Å²) in [6, 6.07) is 16.4. The van der Waals surface area contributed by atoms with Gasteiger partial charge < -0.3 is 34.6 Å². The van der Waals surface area contributed by atoms with Crippen LogP contribution < -0.4 is 43.7 Å². The van der Waals surface area contributed by atoms with E-state index >= 15 is 0 Å². The van der Waals surface area contributed by atoms with Crippen LogP contribution in [-0.4, -0.2) is 45.7 Å². The van der Waals surface area contributed by atoms with Crippen LogP contribution in [0.25, 0.3) is 0 Å². The van der Waals surface area contributed by atoms with Crippen molar-refractivity contribution in [2.75, 3.05) is 36.0 Å². The van der Waals surface area contributed by atoms with Gasteiger partial charge in [0.2, 0.25) is 12.7 Å². The molecule has 0 unspecified atom stereocenters. The molecular weight excluding hydrogens is 527 g/mol. The molecule has 0 bridgehead atoms. The van der Waals surface area contributed by atoms with E-state index in [2.05, 4.69) is 64.7 Å². The molecule has 1 aliphatic rings. The van der Waals surface area contributed by atoms with Crippen molar-refractivity contribution in [1.82, 2.24) is 19.6 Å². The van der Waals surface area contributed by atoms with Crippen LogP contribution in [-0.2, 0) is 28.2 Å². The standard InChI is InChI=1S/C24H30N12.2ClH/c1-31-17-25-33(3)23(31)29-27-19-5-9-21(10-6-19)35-13-15-36(16-14-35)22-11-7-20(8-12-22)28-30-24-32(2)18-26-34(24)4;;/h5-12,17-18H,13-16H2,1-4H3;2*1H/q+2;;/p-2. The lowest BCUT2D eigenvalue weighted by molar-refractivity contribution is -0.659. The second-order valence-electron chi connectivity index (χ2n) is 8.74. The van der Waals surface area contributed by atoms with E-state index in [9.17, 15) is 0 Å². The molecule has 14 heteroatoms. The van der Waals surface area contributed by atoms with Crippen molar-refractivity contribution in [2.24, 2.45) is 48.6 Å². The van der Waals surface area contributed by atoms with Gasteiger partial charge in [0.25, 0.3) is 0 Å². The Hall–Kier alpha value is -3.90. The highest BCUT2D eigenvalue weighted by atomic mass is 35.5. The van der Waals surface area contributed by atoms with Gasteiger partial charge in [-0.15, -0.1) is 9.36 Å². The van der Waals surface area contributed by atoms with Crippen LogP contribution in [0.5, 0.6) is 0 Å².